The number of nitro benzene ring substituents is 1. The van der Waals surface area contributed by atoms with Crippen LogP contribution in [-0.4, -0.2) is 11.5 Å². The lowest BCUT2D eigenvalue weighted by Gasteiger charge is -2.15. The van der Waals surface area contributed by atoms with Crippen LogP contribution in [0.15, 0.2) is 54.6 Å². The predicted molar refractivity (Wildman–Crippen MR) is 138 cm³/mol. The molecule has 3 aromatic rings. The third-order valence-electron chi connectivity index (χ3n) is 4.52. The molecule has 0 fully saturated rings. The molecule has 0 radical (unpaired) electrons. The summed E-state index contributed by atoms with van der Waals surface area (Å²) in [5, 5.41) is 21.8. The van der Waals surface area contributed by atoms with Gasteiger partial charge in [-0.25, -0.2) is 0 Å². The molecule has 0 saturated carbocycles. The summed E-state index contributed by atoms with van der Waals surface area (Å²) in [7, 11) is 0. The Labute approximate surface area is 214 Å². The average molecular weight is 595 g/mol. The van der Waals surface area contributed by atoms with Gasteiger partial charge in [-0.2, -0.15) is 5.26 Å². The van der Waals surface area contributed by atoms with E-state index in [2.05, 4.69) is 28.7 Å². The normalized spacial score (nSPS) is 11.1. The lowest BCUT2D eigenvalue weighted by molar-refractivity contribution is -0.384. The van der Waals surface area contributed by atoms with Crippen molar-refractivity contribution >= 4 is 63.1 Å². The smallest absolute Gasteiger partial charge is 0.270 e. The summed E-state index contributed by atoms with van der Waals surface area (Å²) in [6.45, 7) is 2.49. The molecule has 0 atom stereocenters. The van der Waals surface area contributed by atoms with Crippen molar-refractivity contribution in [2.45, 2.75) is 13.5 Å². The molecule has 0 N–H and O–H groups in total. The highest BCUT2D eigenvalue weighted by atomic mass is 127. The van der Waals surface area contributed by atoms with Crippen LogP contribution in [0.3, 0.4) is 0 Å². The molecule has 0 amide bonds. The first-order chi connectivity index (χ1) is 15.8. The van der Waals surface area contributed by atoms with Crippen LogP contribution >= 0.6 is 45.8 Å². The molecular formula is C24H17Cl2IN2O4. The van der Waals surface area contributed by atoms with Gasteiger partial charge in [0.25, 0.3) is 5.69 Å². The van der Waals surface area contributed by atoms with Gasteiger partial charge in [0.1, 0.15) is 6.61 Å². The summed E-state index contributed by atoms with van der Waals surface area (Å²) in [6.07, 6.45) is 1.66. The summed E-state index contributed by atoms with van der Waals surface area (Å²) in [5.41, 5.74) is 2.14. The number of allylic oxidation sites excluding steroid dienone is 1. The monoisotopic (exact) mass is 594 g/mol. The first kappa shape index (κ1) is 24.8. The molecule has 168 valence electrons. The fourth-order valence-corrected chi connectivity index (χ4v) is 4.24. The molecule has 0 aliphatic carbocycles. The molecule has 6 nitrogen and oxygen atoms in total. The topological polar surface area (TPSA) is 85.4 Å². The quantitative estimate of drug-likeness (QED) is 0.0883. The van der Waals surface area contributed by atoms with E-state index < -0.39 is 4.92 Å². The Morgan fingerprint density at radius 2 is 1.97 bits per heavy atom. The molecule has 3 aromatic carbocycles. The zero-order valence-corrected chi connectivity index (χ0v) is 21.0. The molecule has 0 aliphatic rings. The van der Waals surface area contributed by atoms with Crippen molar-refractivity contribution < 1.29 is 14.4 Å². The van der Waals surface area contributed by atoms with Crippen molar-refractivity contribution in [1.29, 1.82) is 5.26 Å². The fraction of sp³-hybridized carbons (Fsp3) is 0.125. The van der Waals surface area contributed by atoms with Gasteiger partial charge in [0.05, 0.1) is 26.7 Å². The molecule has 0 unspecified atom stereocenters. The highest BCUT2D eigenvalue weighted by molar-refractivity contribution is 14.1. The number of halogens is 3. The second-order valence-electron chi connectivity index (χ2n) is 6.76. The van der Waals surface area contributed by atoms with E-state index in [0.29, 0.717) is 44.9 Å². The maximum absolute atomic E-state index is 11.1. The van der Waals surface area contributed by atoms with E-state index in [-0.39, 0.29) is 12.3 Å². The van der Waals surface area contributed by atoms with E-state index in [4.69, 9.17) is 32.7 Å². The van der Waals surface area contributed by atoms with Crippen molar-refractivity contribution in [1.82, 2.24) is 0 Å². The van der Waals surface area contributed by atoms with Gasteiger partial charge in [0, 0.05) is 27.7 Å². The van der Waals surface area contributed by atoms with Crippen LogP contribution in [0.4, 0.5) is 5.69 Å². The second-order valence-corrected chi connectivity index (χ2v) is 8.77. The zero-order chi connectivity index (χ0) is 24.0. The van der Waals surface area contributed by atoms with E-state index in [9.17, 15) is 15.4 Å². The SMILES string of the molecule is CCOc1cc(/C=C(/C#N)c2cccc([N+](=O)[O-])c2)cc(I)c1OCc1ccc(Cl)cc1Cl. The predicted octanol–water partition coefficient (Wildman–Crippen LogP) is 7.55. The number of nitrogens with zero attached hydrogens (tertiary/aromatic N) is 2. The van der Waals surface area contributed by atoms with Crippen LogP contribution < -0.4 is 9.47 Å². The number of nitro groups is 1. The van der Waals surface area contributed by atoms with Crippen molar-refractivity contribution in [3.63, 3.8) is 0 Å². The van der Waals surface area contributed by atoms with Gasteiger partial charge in [-0.1, -0.05) is 41.4 Å². The Hall–Kier alpha value is -2.80. The Bertz CT molecular complexity index is 1270. The minimum Gasteiger partial charge on any atom is -0.490 e. The zero-order valence-electron chi connectivity index (χ0n) is 17.3. The van der Waals surface area contributed by atoms with Crippen LogP contribution in [0, 0.1) is 25.0 Å². The number of benzene rings is 3. The van der Waals surface area contributed by atoms with Gasteiger partial charge in [-0.05, 0) is 71.0 Å². The van der Waals surface area contributed by atoms with Crippen molar-refractivity contribution in [2.75, 3.05) is 6.61 Å². The minimum absolute atomic E-state index is 0.0807. The molecule has 0 spiro atoms. The molecule has 33 heavy (non-hydrogen) atoms. The summed E-state index contributed by atoms with van der Waals surface area (Å²) in [5.74, 6) is 1.06. The number of hydrogen-bond donors (Lipinski definition) is 0. The maximum Gasteiger partial charge on any atom is 0.270 e. The van der Waals surface area contributed by atoms with Gasteiger partial charge in [-0.3, -0.25) is 10.1 Å². The number of nitriles is 1. The third-order valence-corrected chi connectivity index (χ3v) is 5.91. The Morgan fingerprint density at radius 1 is 1.18 bits per heavy atom. The number of ether oxygens (including phenoxy) is 2. The largest absolute Gasteiger partial charge is 0.490 e. The average Bonchev–Trinajstić information content (AvgIpc) is 2.78. The Kier molecular flexibility index (Phi) is 8.55. The van der Waals surface area contributed by atoms with E-state index in [0.717, 1.165) is 9.13 Å². The molecule has 3 rings (SSSR count). The highest BCUT2D eigenvalue weighted by Gasteiger charge is 2.15. The van der Waals surface area contributed by atoms with Crippen LogP contribution in [0.5, 0.6) is 11.5 Å². The van der Waals surface area contributed by atoms with Crippen LogP contribution in [0.1, 0.15) is 23.6 Å². The molecule has 0 aliphatic heterocycles. The fourth-order valence-electron chi connectivity index (χ4n) is 3.00. The first-order valence-electron chi connectivity index (χ1n) is 9.72. The van der Waals surface area contributed by atoms with Gasteiger partial charge in [0.15, 0.2) is 11.5 Å². The van der Waals surface area contributed by atoms with Crippen molar-refractivity contribution in [3.8, 4) is 17.6 Å². The van der Waals surface area contributed by atoms with Crippen LogP contribution in [-0.2, 0) is 6.61 Å². The summed E-state index contributed by atoms with van der Waals surface area (Å²) in [6, 6.07) is 16.9. The summed E-state index contributed by atoms with van der Waals surface area (Å²) < 4.78 is 12.6. The van der Waals surface area contributed by atoms with Gasteiger partial charge >= 0.3 is 0 Å². The minimum atomic E-state index is -0.492. The van der Waals surface area contributed by atoms with Gasteiger partial charge in [-0.15, -0.1) is 0 Å². The summed E-state index contributed by atoms with van der Waals surface area (Å²) >= 11 is 14.3. The van der Waals surface area contributed by atoms with E-state index in [1.807, 2.05) is 13.0 Å². The van der Waals surface area contributed by atoms with Gasteiger partial charge < -0.3 is 9.47 Å². The van der Waals surface area contributed by atoms with E-state index >= 15 is 0 Å². The Morgan fingerprint density at radius 3 is 2.64 bits per heavy atom. The molecule has 9 heteroatoms. The van der Waals surface area contributed by atoms with Crippen LogP contribution in [0.25, 0.3) is 11.6 Å². The van der Waals surface area contributed by atoms with Crippen molar-refractivity contribution in [2.24, 2.45) is 0 Å². The number of hydrogen-bond acceptors (Lipinski definition) is 5. The molecular weight excluding hydrogens is 578 g/mol. The molecule has 0 aromatic heterocycles. The lowest BCUT2D eigenvalue weighted by atomic mass is 10.0. The molecule has 0 heterocycles. The standard InChI is InChI=1S/C24H17Cl2IN2O4/c1-2-32-23-10-15(8-18(13-28)16-4-3-5-20(11-16)29(30)31)9-22(27)24(23)33-14-17-6-7-19(25)12-21(17)26/h3-12H,2,14H2,1H3/b18-8-. The molecule has 0 saturated heterocycles. The number of rotatable bonds is 8. The maximum atomic E-state index is 11.1. The van der Waals surface area contributed by atoms with E-state index in [1.54, 1.807) is 42.5 Å². The number of non-ortho nitro benzene ring substituents is 1. The molecule has 0 bridgehead atoms. The lowest BCUT2D eigenvalue weighted by Crippen LogP contribution is -2.02. The second kappa shape index (κ2) is 11.4. The van der Waals surface area contributed by atoms with E-state index in [1.165, 1.54) is 12.1 Å². The van der Waals surface area contributed by atoms with Gasteiger partial charge in [0.2, 0.25) is 0 Å². The third kappa shape index (κ3) is 6.38. The highest BCUT2D eigenvalue weighted by Crippen LogP contribution is 2.36. The Balaban J connectivity index is 1.95. The summed E-state index contributed by atoms with van der Waals surface area (Å²) in [4.78, 5) is 10.6. The van der Waals surface area contributed by atoms with Crippen molar-refractivity contribution in [3.05, 3.63) is 95.0 Å². The van der Waals surface area contributed by atoms with Crippen LogP contribution in [0.2, 0.25) is 10.0 Å². The first-order valence-corrected chi connectivity index (χ1v) is 11.6.